The second-order valence-electron chi connectivity index (χ2n) is 7.22. The topological polar surface area (TPSA) is 66.2 Å². The SMILES string of the molecule is Cc1ccc2c(C)c(C(=O)N3CCN(C(=O)N4CCOCC4)CC3)oc2c1. The molecule has 3 amide bonds. The highest BCUT2D eigenvalue weighted by atomic mass is 16.5. The summed E-state index contributed by atoms with van der Waals surface area (Å²) in [5.74, 6) is 0.309. The number of urea groups is 1. The van der Waals surface area contributed by atoms with E-state index in [9.17, 15) is 9.59 Å². The Balaban J connectivity index is 1.43. The van der Waals surface area contributed by atoms with Crippen LogP contribution >= 0.6 is 0 Å². The Labute approximate surface area is 158 Å². The summed E-state index contributed by atoms with van der Waals surface area (Å²) in [5, 5.41) is 0.977. The van der Waals surface area contributed by atoms with Crippen LogP contribution < -0.4 is 0 Å². The predicted octanol–water partition coefficient (Wildman–Crippen LogP) is 2.26. The van der Waals surface area contributed by atoms with Crippen LogP contribution in [0.2, 0.25) is 0 Å². The summed E-state index contributed by atoms with van der Waals surface area (Å²) in [6.45, 7) is 8.50. The Bertz CT molecular complexity index is 861. The van der Waals surface area contributed by atoms with Gasteiger partial charge in [-0.25, -0.2) is 4.79 Å². The molecule has 7 nitrogen and oxygen atoms in total. The molecule has 1 aromatic heterocycles. The van der Waals surface area contributed by atoms with Crippen LogP contribution in [0.25, 0.3) is 11.0 Å². The summed E-state index contributed by atoms with van der Waals surface area (Å²) >= 11 is 0. The molecule has 0 unspecified atom stereocenters. The van der Waals surface area contributed by atoms with Gasteiger partial charge >= 0.3 is 6.03 Å². The second kappa shape index (κ2) is 7.23. The molecule has 2 aliphatic heterocycles. The first-order chi connectivity index (χ1) is 13.0. The molecule has 1 aromatic carbocycles. The molecule has 0 saturated carbocycles. The van der Waals surface area contributed by atoms with Crippen LogP contribution in [0.1, 0.15) is 21.7 Å². The molecule has 3 heterocycles. The lowest BCUT2D eigenvalue weighted by atomic mass is 10.1. The van der Waals surface area contributed by atoms with E-state index in [0.29, 0.717) is 58.2 Å². The summed E-state index contributed by atoms with van der Waals surface area (Å²) in [4.78, 5) is 31.0. The van der Waals surface area contributed by atoms with Crippen molar-refractivity contribution >= 4 is 22.9 Å². The van der Waals surface area contributed by atoms with E-state index in [1.807, 2.05) is 41.8 Å². The number of carbonyl (C=O) groups is 2. The average Bonchev–Trinajstić information content (AvgIpc) is 3.03. The van der Waals surface area contributed by atoms with Gasteiger partial charge in [0.25, 0.3) is 5.91 Å². The van der Waals surface area contributed by atoms with Gasteiger partial charge in [-0.15, -0.1) is 0 Å². The van der Waals surface area contributed by atoms with E-state index < -0.39 is 0 Å². The van der Waals surface area contributed by atoms with Gasteiger partial charge in [0.2, 0.25) is 0 Å². The van der Waals surface area contributed by atoms with E-state index in [1.165, 1.54) is 0 Å². The quantitative estimate of drug-likeness (QED) is 0.771. The highest BCUT2D eigenvalue weighted by Crippen LogP contribution is 2.27. The second-order valence-corrected chi connectivity index (χ2v) is 7.22. The Hall–Kier alpha value is -2.54. The van der Waals surface area contributed by atoms with Gasteiger partial charge in [0.1, 0.15) is 5.58 Å². The number of hydrogen-bond donors (Lipinski definition) is 0. The number of aryl methyl sites for hydroxylation is 2. The van der Waals surface area contributed by atoms with Gasteiger partial charge in [-0.05, 0) is 25.5 Å². The highest BCUT2D eigenvalue weighted by Gasteiger charge is 2.30. The van der Waals surface area contributed by atoms with Crippen LogP contribution in [-0.2, 0) is 4.74 Å². The van der Waals surface area contributed by atoms with Gasteiger partial charge in [-0.3, -0.25) is 4.79 Å². The number of furan rings is 1. The van der Waals surface area contributed by atoms with Crippen LogP contribution in [0.5, 0.6) is 0 Å². The Kier molecular flexibility index (Phi) is 4.78. The maximum absolute atomic E-state index is 13.0. The zero-order chi connectivity index (χ0) is 19.0. The van der Waals surface area contributed by atoms with E-state index in [4.69, 9.17) is 9.15 Å². The number of piperazine rings is 1. The molecule has 7 heteroatoms. The molecule has 2 aromatic rings. The summed E-state index contributed by atoms with van der Waals surface area (Å²) in [7, 11) is 0. The fourth-order valence-electron chi connectivity index (χ4n) is 3.74. The maximum Gasteiger partial charge on any atom is 0.320 e. The largest absolute Gasteiger partial charge is 0.451 e. The van der Waals surface area contributed by atoms with Crippen molar-refractivity contribution in [3.63, 3.8) is 0 Å². The fraction of sp³-hybridized carbons (Fsp3) is 0.500. The van der Waals surface area contributed by atoms with Crippen LogP contribution in [0.3, 0.4) is 0 Å². The van der Waals surface area contributed by atoms with Crippen LogP contribution in [0.4, 0.5) is 4.79 Å². The molecule has 0 N–H and O–H groups in total. The van der Waals surface area contributed by atoms with Gasteiger partial charge in [0.15, 0.2) is 5.76 Å². The molecule has 0 bridgehead atoms. The molecule has 144 valence electrons. The summed E-state index contributed by atoms with van der Waals surface area (Å²) in [6, 6.07) is 6.02. The number of ether oxygens (including phenoxy) is 1. The highest BCUT2D eigenvalue weighted by molar-refractivity contribution is 5.99. The number of rotatable bonds is 1. The molecule has 2 aliphatic rings. The average molecular weight is 371 g/mol. The molecule has 27 heavy (non-hydrogen) atoms. The number of amides is 3. The number of nitrogens with zero attached hydrogens (tertiary/aromatic N) is 3. The van der Waals surface area contributed by atoms with Gasteiger partial charge in [-0.1, -0.05) is 12.1 Å². The van der Waals surface area contributed by atoms with Crippen molar-refractivity contribution in [3.05, 3.63) is 35.1 Å². The number of morpholine rings is 1. The summed E-state index contributed by atoms with van der Waals surface area (Å²) in [6.07, 6.45) is 0. The minimum atomic E-state index is -0.0974. The van der Waals surface area contributed by atoms with Crippen LogP contribution in [-0.4, -0.2) is 79.1 Å². The number of benzene rings is 1. The van der Waals surface area contributed by atoms with Crippen molar-refractivity contribution in [2.75, 3.05) is 52.5 Å². The Morgan fingerprint density at radius 2 is 1.52 bits per heavy atom. The molecular formula is C20H25N3O4. The predicted molar refractivity (Wildman–Crippen MR) is 101 cm³/mol. The van der Waals surface area contributed by atoms with Crippen molar-refractivity contribution in [3.8, 4) is 0 Å². The van der Waals surface area contributed by atoms with E-state index in [0.717, 1.165) is 22.1 Å². The molecule has 0 radical (unpaired) electrons. The third kappa shape index (κ3) is 3.39. The third-order valence-electron chi connectivity index (χ3n) is 5.41. The van der Waals surface area contributed by atoms with Gasteiger partial charge < -0.3 is 23.9 Å². The Morgan fingerprint density at radius 3 is 2.22 bits per heavy atom. The molecule has 4 rings (SSSR count). The van der Waals surface area contributed by atoms with Crippen LogP contribution in [0.15, 0.2) is 22.6 Å². The lowest BCUT2D eigenvalue weighted by molar-refractivity contribution is 0.0358. The van der Waals surface area contributed by atoms with Crippen molar-refractivity contribution in [2.24, 2.45) is 0 Å². The first-order valence-electron chi connectivity index (χ1n) is 9.45. The fourth-order valence-corrected chi connectivity index (χ4v) is 3.74. The van der Waals surface area contributed by atoms with E-state index in [1.54, 1.807) is 4.90 Å². The minimum absolute atomic E-state index is 0.0424. The number of hydrogen-bond acceptors (Lipinski definition) is 4. The van der Waals surface area contributed by atoms with E-state index >= 15 is 0 Å². The molecule has 0 spiro atoms. The lowest BCUT2D eigenvalue weighted by Crippen LogP contribution is -2.55. The van der Waals surface area contributed by atoms with Gasteiger partial charge in [0, 0.05) is 50.2 Å². The van der Waals surface area contributed by atoms with Crippen LogP contribution in [0, 0.1) is 13.8 Å². The summed E-state index contributed by atoms with van der Waals surface area (Å²) in [5.41, 5.74) is 2.73. The molecule has 0 aliphatic carbocycles. The smallest absolute Gasteiger partial charge is 0.320 e. The summed E-state index contributed by atoms with van der Waals surface area (Å²) < 4.78 is 11.2. The maximum atomic E-state index is 13.0. The third-order valence-corrected chi connectivity index (χ3v) is 5.41. The molecule has 2 fully saturated rings. The molecule has 2 saturated heterocycles. The normalized spacial score (nSPS) is 18.2. The van der Waals surface area contributed by atoms with Crippen molar-refractivity contribution in [1.82, 2.24) is 14.7 Å². The lowest BCUT2D eigenvalue weighted by Gasteiger charge is -2.38. The molecule has 0 atom stereocenters. The zero-order valence-electron chi connectivity index (χ0n) is 15.9. The minimum Gasteiger partial charge on any atom is -0.451 e. The zero-order valence-corrected chi connectivity index (χ0v) is 15.9. The van der Waals surface area contributed by atoms with Gasteiger partial charge in [0.05, 0.1) is 13.2 Å². The Morgan fingerprint density at radius 1 is 0.889 bits per heavy atom. The van der Waals surface area contributed by atoms with E-state index in [-0.39, 0.29) is 11.9 Å². The number of carbonyl (C=O) groups excluding carboxylic acids is 2. The van der Waals surface area contributed by atoms with Crippen molar-refractivity contribution in [1.29, 1.82) is 0 Å². The van der Waals surface area contributed by atoms with Gasteiger partial charge in [-0.2, -0.15) is 0 Å². The monoisotopic (exact) mass is 371 g/mol. The first-order valence-corrected chi connectivity index (χ1v) is 9.45. The van der Waals surface area contributed by atoms with Crippen molar-refractivity contribution in [2.45, 2.75) is 13.8 Å². The standard InChI is InChI=1S/C20H25N3O4/c1-14-3-4-16-15(2)18(27-17(16)13-14)19(24)21-5-7-22(8-6-21)20(25)23-9-11-26-12-10-23/h3-4,13H,5-12H2,1-2H3. The van der Waals surface area contributed by atoms with Crippen molar-refractivity contribution < 1.29 is 18.7 Å². The molecular weight excluding hydrogens is 346 g/mol. The first kappa shape index (κ1) is 17.9. The van der Waals surface area contributed by atoms with E-state index in [2.05, 4.69) is 0 Å². The number of fused-ring (bicyclic) bond motifs is 1.